The summed E-state index contributed by atoms with van der Waals surface area (Å²) in [6.07, 6.45) is 2.17. The van der Waals surface area contributed by atoms with E-state index < -0.39 is 12.0 Å². The van der Waals surface area contributed by atoms with Crippen molar-refractivity contribution >= 4 is 15.9 Å². The van der Waals surface area contributed by atoms with Crippen LogP contribution in [0.15, 0.2) is 22.8 Å². The van der Waals surface area contributed by atoms with Crippen molar-refractivity contribution in [1.82, 2.24) is 4.98 Å². The molecule has 1 aliphatic carbocycles. The van der Waals surface area contributed by atoms with Gasteiger partial charge in [0.2, 0.25) is 5.92 Å². The summed E-state index contributed by atoms with van der Waals surface area (Å²) >= 11 is 3.28. The summed E-state index contributed by atoms with van der Waals surface area (Å²) in [5.74, 6) is -2.93. The molecule has 1 heterocycles. The van der Waals surface area contributed by atoms with Crippen molar-refractivity contribution in [2.24, 2.45) is 5.92 Å². The summed E-state index contributed by atoms with van der Waals surface area (Å²) < 4.78 is 27.4. The van der Waals surface area contributed by atoms with E-state index in [1.165, 1.54) is 0 Å². The molecule has 1 saturated carbocycles. The first-order valence-electron chi connectivity index (χ1n) is 6.13. The van der Waals surface area contributed by atoms with Crippen LogP contribution in [0.1, 0.15) is 31.4 Å². The number of nitrogens with zero attached hydrogens (tertiary/aromatic N) is 1. The summed E-state index contributed by atoms with van der Waals surface area (Å²) in [6.45, 7) is 0. The molecule has 0 spiro atoms. The minimum Gasteiger partial charge on any atom is -0.392 e. The second-order valence-electron chi connectivity index (χ2n) is 4.95. The summed E-state index contributed by atoms with van der Waals surface area (Å²) in [6, 6.07) is 3.64. The van der Waals surface area contributed by atoms with Gasteiger partial charge in [-0.25, -0.2) is 8.78 Å². The van der Waals surface area contributed by atoms with Gasteiger partial charge in [-0.05, 0) is 46.8 Å². The molecule has 5 heteroatoms. The molecule has 0 aromatic carbocycles. The first-order chi connectivity index (χ1) is 8.46. The third kappa shape index (κ3) is 3.72. The number of aromatic nitrogens is 1. The van der Waals surface area contributed by atoms with Gasteiger partial charge in [0, 0.05) is 35.6 Å². The van der Waals surface area contributed by atoms with Gasteiger partial charge in [-0.15, -0.1) is 0 Å². The number of halogens is 3. The van der Waals surface area contributed by atoms with E-state index in [4.69, 9.17) is 0 Å². The predicted octanol–water partition coefficient (Wildman–Crippen LogP) is 3.57. The Morgan fingerprint density at radius 2 is 2.28 bits per heavy atom. The zero-order chi connectivity index (χ0) is 13.2. The second kappa shape index (κ2) is 5.61. The van der Waals surface area contributed by atoms with Gasteiger partial charge < -0.3 is 5.11 Å². The molecule has 18 heavy (non-hydrogen) atoms. The van der Waals surface area contributed by atoms with Crippen LogP contribution < -0.4 is 0 Å². The van der Waals surface area contributed by atoms with Crippen molar-refractivity contribution in [1.29, 1.82) is 0 Å². The van der Waals surface area contributed by atoms with Gasteiger partial charge in [-0.2, -0.15) is 0 Å². The monoisotopic (exact) mass is 319 g/mol. The Morgan fingerprint density at radius 3 is 2.89 bits per heavy atom. The third-order valence-corrected chi connectivity index (χ3v) is 3.90. The molecule has 0 aliphatic heterocycles. The SMILES string of the molecule is OC(Cc1ccc(Br)cn1)C1CCCC(F)(F)C1. The Bertz CT molecular complexity index is 396. The van der Waals surface area contributed by atoms with Crippen molar-refractivity contribution in [2.75, 3.05) is 0 Å². The van der Waals surface area contributed by atoms with E-state index in [0.717, 1.165) is 10.2 Å². The maximum absolute atomic E-state index is 13.3. The fourth-order valence-electron chi connectivity index (χ4n) is 2.45. The quantitative estimate of drug-likeness (QED) is 0.923. The Labute approximate surface area is 114 Å². The molecular formula is C13H16BrF2NO. The lowest BCUT2D eigenvalue weighted by atomic mass is 9.81. The lowest BCUT2D eigenvalue weighted by molar-refractivity contribution is -0.0753. The van der Waals surface area contributed by atoms with E-state index in [2.05, 4.69) is 20.9 Å². The molecular weight excluding hydrogens is 304 g/mol. The molecule has 0 radical (unpaired) electrons. The fraction of sp³-hybridized carbons (Fsp3) is 0.615. The van der Waals surface area contributed by atoms with Gasteiger partial charge in [-0.1, -0.05) is 0 Å². The zero-order valence-corrected chi connectivity index (χ0v) is 11.5. The van der Waals surface area contributed by atoms with Gasteiger partial charge in [0.25, 0.3) is 0 Å². The van der Waals surface area contributed by atoms with Crippen LogP contribution in [0.2, 0.25) is 0 Å². The number of pyridine rings is 1. The van der Waals surface area contributed by atoms with E-state index in [-0.39, 0.29) is 18.8 Å². The Kier molecular flexibility index (Phi) is 4.33. The van der Waals surface area contributed by atoms with Crippen LogP contribution in [0.4, 0.5) is 8.78 Å². The number of hydrogen-bond donors (Lipinski definition) is 1. The lowest BCUT2D eigenvalue weighted by Crippen LogP contribution is -2.34. The topological polar surface area (TPSA) is 33.1 Å². The van der Waals surface area contributed by atoms with Crippen LogP contribution in [0.3, 0.4) is 0 Å². The molecule has 2 unspecified atom stereocenters. The summed E-state index contributed by atoms with van der Waals surface area (Å²) in [7, 11) is 0. The van der Waals surface area contributed by atoms with E-state index in [0.29, 0.717) is 19.3 Å². The minimum atomic E-state index is -2.61. The molecule has 2 rings (SSSR count). The highest BCUT2D eigenvalue weighted by molar-refractivity contribution is 9.10. The molecule has 1 aromatic rings. The fourth-order valence-corrected chi connectivity index (χ4v) is 2.68. The zero-order valence-electron chi connectivity index (χ0n) is 9.95. The van der Waals surface area contributed by atoms with E-state index in [1.807, 2.05) is 6.07 Å². The van der Waals surface area contributed by atoms with Crippen LogP contribution in [0.5, 0.6) is 0 Å². The summed E-state index contributed by atoms with van der Waals surface area (Å²) in [5, 5.41) is 10.0. The van der Waals surface area contributed by atoms with Crippen LogP contribution in [0.25, 0.3) is 0 Å². The van der Waals surface area contributed by atoms with Crippen LogP contribution in [-0.4, -0.2) is 22.1 Å². The molecule has 1 N–H and O–H groups in total. The molecule has 1 aliphatic rings. The number of aliphatic hydroxyl groups excluding tert-OH is 1. The van der Waals surface area contributed by atoms with E-state index in [1.54, 1.807) is 12.3 Å². The second-order valence-corrected chi connectivity index (χ2v) is 5.87. The van der Waals surface area contributed by atoms with Crippen molar-refractivity contribution in [2.45, 2.75) is 44.1 Å². The number of alkyl halides is 2. The molecule has 0 bridgehead atoms. The number of rotatable bonds is 3. The van der Waals surface area contributed by atoms with E-state index >= 15 is 0 Å². The average molecular weight is 320 g/mol. The summed E-state index contributed by atoms with van der Waals surface area (Å²) in [5.41, 5.74) is 0.736. The number of hydrogen-bond acceptors (Lipinski definition) is 2. The largest absolute Gasteiger partial charge is 0.392 e. The molecule has 0 saturated heterocycles. The van der Waals surface area contributed by atoms with Gasteiger partial charge in [0.15, 0.2) is 0 Å². The first kappa shape index (κ1) is 13.9. The molecule has 0 amide bonds. The molecule has 1 fully saturated rings. The summed E-state index contributed by atoms with van der Waals surface area (Å²) in [4.78, 5) is 4.16. The molecule has 100 valence electrons. The van der Waals surface area contributed by atoms with Crippen molar-refractivity contribution in [3.63, 3.8) is 0 Å². The molecule has 2 nitrogen and oxygen atoms in total. The standard InChI is InChI=1S/C13H16BrF2NO/c14-10-3-4-11(17-8-10)6-12(18)9-2-1-5-13(15,16)7-9/h3-4,8-9,12,18H,1-2,5-7H2. The van der Waals surface area contributed by atoms with Crippen LogP contribution in [0, 0.1) is 5.92 Å². The highest BCUT2D eigenvalue weighted by atomic mass is 79.9. The predicted molar refractivity (Wildman–Crippen MR) is 68.6 cm³/mol. The Balaban J connectivity index is 1.95. The van der Waals surface area contributed by atoms with Crippen molar-refractivity contribution in [3.05, 3.63) is 28.5 Å². The van der Waals surface area contributed by atoms with Gasteiger partial charge >= 0.3 is 0 Å². The Morgan fingerprint density at radius 1 is 1.50 bits per heavy atom. The maximum Gasteiger partial charge on any atom is 0.248 e. The van der Waals surface area contributed by atoms with Crippen molar-refractivity contribution in [3.8, 4) is 0 Å². The lowest BCUT2D eigenvalue weighted by Gasteiger charge is -2.31. The van der Waals surface area contributed by atoms with Gasteiger partial charge in [0.05, 0.1) is 6.10 Å². The molecule has 2 atom stereocenters. The van der Waals surface area contributed by atoms with Gasteiger partial charge in [0.1, 0.15) is 0 Å². The smallest absolute Gasteiger partial charge is 0.248 e. The Hall–Kier alpha value is -0.550. The highest BCUT2D eigenvalue weighted by Crippen LogP contribution is 2.38. The molecule has 1 aromatic heterocycles. The normalized spacial score (nSPS) is 24.8. The van der Waals surface area contributed by atoms with Gasteiger partial charge in [-0.3, -0.25) is 4.98 Å². The van der Waals surface area contributed by atoms with Crippen LogP contribution in [-0.2, 0) is 6.42 Å². The van der Waals surface area contributed by atoms with Crippen molar-refractivity contribution < 1.29 is 13.9 Å². The first-order valence-corrected chi connectivity index (χ1v) is 6.92. The third-order valence-electron chi connectivity index (χ3n) is 3.43. The highest BCUT2D eigenvalue weighted by Gasteiger charge is 2.38. The van der Waals surface area contributed by atoms with Crippen LogP contribution >= 0.6 is 15.9 Å². The average Bonchev–Trinajstić information content (AvgIpc) is 2.31. The minimum absolute atomic E-state index is 0.0489. The van der Waals surface area contributed by atoms with E-state index in [9.17, 15) is 13.9 Å². The maximum atomic E-state index is 13.3. The number of aliphatic hydroxyl groups is 1.